The van der Waals surface area contributed by atoms with Crippen molar-refractivity contribution in [2.75, 3.05) is 0 Å². The zero-order valence-corrected chi connectivity index (χ0v) is 10.3. The highest BCUT2D eigenvalue weighted by atomic mass is 16.6. The minimum Gasteiger partial charge on any atom is -0.477 e. The summed E-state index contributed by atoms with van der Waals surface area (Å²) in [5.74, 6) is -0.507. The van der Waals surface area contributed by atoms with Gasteiger partial charge in [0.25, 0.3) is 5.91 Å². The van der Waals surface area contributed by atoms with Gasteiger partial charge in [0.05, 0.1) is 12.7 Å². The van der Waals surface area contributed by atoms with E-state index in [1.54, 1.807) is 6.20 Å². The first-order chi connectivity index (χ1) is 9.10. The molecular formula is C11H13N3O5. The number of nitrogens with one attached hydrogen (secondary N) is 1. The molecule has 8 nitrogen and oxygen atoms in total. The highest BCUT2D eigenvalue weighted by Gasteiger charge is 2.31. The number of carboxylic acids is 1. The lowest BCUT2D eigenvalue weighted by molar-refractivity contribution is -0.131. The van der Waals surface area contributed by atoms with E-state index in [2.05, 4.69) is 15.5 Å². The number of oxazole rings is 1. The summed E-state index contributed by atoms with van der Waals surface area (Å²) in [6.45, 7) is 2.06. The summed E-state index contributed by atoms with van der Waals surface area (Å²) in [6, 6.07) is 0. The van der Waals surface area contributed by atoms with Gasteiger partial charge < -0.3 is 19.7 Å². The maximum atomic E-state index is 11.7. The Labute approximate surface area is 108 Å². The molecule has 1 aliphatic rings. The van der Waals surface area contributed by atoms with Gasteiger partial charge in [-0.15, -0.1) is 0 Å². The van der Waals surface area contributed by atoms with Crippen LogP contribution in [0.3, 0.4) is 0 Å². The molecule has 0 saturated carbocycles. The van der Waals surface area contributed by atoms with Crippen LogP contribution in [0.2, 0.25) is 0 Å². The molecule has 8 heteroatoms. The van der Waals surface area contributed by atoms with Crippen LogP contribution in [0.1, 0.15) is 25.0 Å². The van der Waals surface area contributed by atoms with Crippen LogP contribution in [0.5, 0.6) is 0 Å². The third-order valence-corrected chi connectivity index (χ3v) is 2.57. The van der Waals surface area contributed by atoms with Crippen LogP contribution < -0.4 is 5.32 Å². The van der Waals surface area contributed by atoms with Crippen molar-refractivity contribution >= 4 is 17.6 Å². The third kappa shape index (κ3) is 3.09. The van der Waals surface area contributed by atoms with Crippen molar-refractivity contribution in [1.29, 1.82) is 0 Å². The Morgan fingerprint density at radius 1 is 1.58 bits per heavy atom. The summed E-state index contributed by atoms with van der Waals surface area (Å²) in [7, 11) is 0. The molecule has 0 spiro atoms. The van der Waals surface area contributed by atoms with Gasteiger partial charge >= 0.3 is 5.97 Å². The zero-order valence-electron chi connectivity index (χ0n) is 10.3. The summed E-state index contributed by atoms with van der Waals surface area (Å²) in [6.07, 6.45) is 1.36. The van der Waals surface area contributed by atoms with Crippen LogP contribution in [-0.4, -0.2) is 33.8 Å². The number of oxime groups is 1. The summed E-state index contributed by atoms with van der Waals surface area (Å²) >= 11 is 0. The summed E-state index contributed by atoms with van der Waals surface area (Å²) < 4.78 is 5.32. The fourth-order valence-corrected chi connectivity index (χ4v) is 1.51. The van der Waals surface area contributed by atoms with Crippen molar-refractivity contribution in [3.05, 3.63) is 17.8 Å². The number of carbonyl (C=O) groups is 2. The third-order valence-electron chi connectivity index (χ3n) is 2.57. The minimum absolute atomic E-state index is 0.0487. The van der Waals surface area contributed by atoms with Crippen LogP contribution in [0.15, 0.2) is 15.8 Å². The number of aromatic nitrogens is 1. The van der Waals surface area contributed by atoms with Gasteiger partial charge in [-0.2, -0.15) is 0 Å². The largest absolute Gasteiger partial charge is 0.477 e. The van der Waals surface area contributed by atoms with Gasteiger partial charge in [0.1, 0.15) is 5.76 Å². The predicted molar refractivity (Wildman–Crippen MR) is 62.3 cm³/mol. The van der Waals surface area contributed by atoms with Gasteiger partial charge in [0.2, 0.25) is 12.0 Å². The average molecular weight is 267 g/mol. The number of hydrogen-bond acceptors (Lipinski definition) is 6. The van der Waals surface area contributed by atoms with Crippen molar-refractivity contribution in [3.63, 3.8) is 0 Å². The van der Waals surface area contributed by atoms with Gasteiger partial charge in [-0.05, 0) is 0 Å². The Bertz CT molecular complexity index is 522. The second-order valence-electron chi connectivity index (χ2n) is 3.93. The van der Waals surface area contributed by atoms with E-state index in [1.165, 1.54) is 0 Å². The summed E-state index contributed by atoms with van der Waals surface area (Å²) in [4.78, 5) is 31.0. The van der Waals surface area contributed by atoms with Gasteiger partial charge in [0.15, 0.2) is 5.71 Å². The van der Waals surface area contributed by atoms with Crippen LogP contribution in [0, 0.1) is 0 Å². The van der Waals surface area contributed by atoms with Gasteiger partial charge in [0, 0.05) is 12.8 Å². The fourth-order valence-electron chi connectivity index (χ4n) is 1.51. The van der Waals surface area contributed by atoms with Crippen molar-refractivity contribution in [1.82, 2.24) is 10.3 Å². The Morgan fingerprint density at radius 2 is 2.37 bits per heavy atom. The average Bonchev–Trinajstić information content (AvgIpc) is 3.04. The highest BCUT2D eigenvalue weighted by molar-refractivity contribution is 6.36. The molecule has 0 bridgehead atoms. The van der Waals surface area contributed by atoms with E-state index < -0.39 is 18.0 Å². The van der Waals surface area contributed by atoms with Gasteiger partial charge in [-0.25, -0.2) is 9.78 Å². The lowest BCUT2D eigenvalue weighted by Gasteiger charge is -2.07. The molecule has 2 N–H and O–H groups in total. The number of hydrogen-bond donors (Lipinski definition) is 2. The normalized spacial score (nSPS) is 17.7. The SMILES string of the molecule is CCc1cnc(CNC(=O)C2CC(C(=O)O)=NO2)o1. The number of aliphatic carboxylic acids is 1. The standard InChI is InChI=1S/C11H13N3O5/c1-2-6-4-12-9(18-6)5-13-10(15)8-3-7(11(16)17)14-19-8/h4,8H,2-3,5H2,1H3,(H,13,15)(H,16,17). The number of aryl methyl sites for hydroxylation is 1. The molecule has 2 rings (SSSR count). The van der Waals surface area contributed by atoms with Gasteiger partial charge in [-0.1, -0.05) is 12.1 Å². The van der Waals surface area contributed by atoms with E-state index >= 15 is 0 Å². The topological polar surface area (TPSA) is 114 Å². The Hall–Kier alpha value is -2.38. The lowest BCUT2D eigenvalue weighted by atomic mass is 10.2. The van der Waals surface area contributed by atoms with Crippen molar-refractivity contribution < 1.29 is 24.0 Å². The number of nitrogens with zero attached hydrogens (tertiary/aromatic N) is 2. The quantitative estimate of drug-likeness (QED) is 0.781. The number of carboxylic acid groups (broad SMARTS) is 1. The summed E-state index contributed by atoms with van der Waals surface area (Å²) in [5, 5.41) is 14.6. The van der Waals surface area contributed by atoms with Crippen LogP contribution in [-0.2, 0) is 27.4 Å². The molecule has 2 heterocycles. The monoisotopic (exact) mass is 267 g/mol. The molecule has 0 fully saturated rings. The Kier molecular flexibility index (Phi) is 3.79. The molecule has 0 radical (unpaired) electrons. The highest BCUT2D eigenvalue weighted by Crippen LogP contribution is 2.11. The first-order valence-corrected chi connectivity index (χ1v) is 5.77. The first kappa shape index (κ1) is 13.1. The van der Waals surface area contributed by atoms with E-state index in [1.807, 2.05) is 6.92 Å². The number of rotatable bonds is 5. The molecule has 102 valence electrons. The van der Waals surface area contributed by atoms with Crippen LogP contribution in [0.25, 0.3) is 0 Å². The Morgan fingerprint density at radius 3 is 2.95 bits per heavy atom. The van der Waals surface area contributed by atoms with E-state index in [0.29, 0.717) is 5.89 Å². The fraction of sp³-hybridized carbons (Fsp3) is 0.455. The molecule has 1 aromatic rings. The van der Waals surface area contributed by atoms with E-state index in [9.17, 15) is 9.59 Å². The van der Waals surface area contributed by atoms with Crippen molar-refractivity contribution in [3.8, 4) is 0 Å². The van der Waals surface area contributed by atoms with Gasteiger partial charge in [-0.3, -0.25) is 4.79 Å². The molecule has 0 aliphatic carbocycles. The Balaban J connectivity index is 1.81. The number of amides is 1. The minimum atomic E-state index is -1.18. The number of carbonyl (C=O) groups excluding carboxylic acids is 1. The maximum Gasteiger partial charge on any atom is 0.353 e. The second kappa shape index (κ2) is 5.51. The molecule has 1 aromatic heterocycles. The molecular weight excluding hydrogens is 254 g/mol. The first-order valence-electron chi connectivity index (χ1n) is 5.77. The van der Waals surface area contributed by atoms with E-state index in [-0.39, 0.29) is 18.7 Å². The molecule has 1 aliphatic heterocycles. The van der Waals surface area contributed by atoms with Crippen molar-refractivity contribution in [2.24, 2.45) is 5.16 Å². The van der Waals surface area contributed by atoms with E-state index in [4.69, 9.17) is 14.4 Å². The maximum absolute atomic E-state index is 11.7. The second-order valence-corrected chi connectivity index (χ2v) is 3.93. The molecule has 0 saturated heterocycles. The molecule has 19 heavy (non-hydrogen) atoms. The summed E-state index contributed by atoms with van der Waals surface area (Å²) in [5.41, 5.74) is -0.162. The van der Waals surface area contributed by atoms with Crippen LogP contribution >= 0.6 is 0 Å². The molecule has 1 amide bonds. The van der Waals surface area contributed by atoms with E-state index in [0.717, 1.165) is 12.2 Å². The van der Waals surface area contributed by atoms with Crippen molar-refractivity contribution in [2.45, 2.75) is 32.4 Å². The molecule has 0 aromatic carbocycles. The predicted octanol–water partition coefficient (Wildman–Crippen LogP) is 0.0827. The zero-order chi connectivity index (χ0) is 13.8. The smallest absolute Gasteiger partial charge is 0.353 e. The molecule has 1 atom stereocenters. The lowest BCUT2D eigenvalue weighted by Crippen LogP contribution is -2.34. The molecule has 1 unspecified atom stereocenters. The van der Waals surface area contributed by atoms with Crippen LogP contribution in [0.4, 0.5) is 0 Å².